The van der Waals surface area contributed by atoms with E-state index >= 15 is 0 Å². The van der Waals surface area contributed by atoms with Crippen LogP contribution < -0.4 is 10.3 Å². The Morgan fingerprint density at radius 3 is 2.90 bits per heavy atom. The van der Waals surface area contributed by atoms with Crippen molar-refractivity contribution >= 4 is 22.8 Å². The van der Waals surface area contributed by atoms with Gasteiger partial charge in [-0.1, -0.05) is 0 Å². The first kappa shape index (κ1) is 12.7. The zero-order chi connectivity index (χ0) is 14.1. The Hall–Kier alpha value is -2.28. The van der Waals surface area contributed by atoms with Crippen molar-refractivity contribution in [3.05, 3.63) is 34.7 Å². The molecule has 20 heavy (non-hydrogen) atoms. The minimum Gasteiger partial charge on any atom is -0.496 e. The Labute approximate surface area is 118 Å². The van der Waals surface area contributed by atoms with Crippen molar-refractivity contribution in [2.75, 3.05) is 13.4 Å². The Morgan fingerprint density at radius 1 is 1.35 bits per heavy atom. The number of hydrogen-bond donors (Lipinski definition) is 2. The van der Waals surface area contributed by atoms with Crippen molar-refractivity contribution in [3.63, 3.8) is 0 Å². The molecule has 1 aromatic carbocycles. The summed E-state index contributed by atoms with van der Waals surface area (Å²) in [5, 5.41) is 6.11. The summed E-state index contributed by atoms with van der Waals surface area (Å²) in [5.41, 5.74) is 1.43. The van der Waals surface area contributed by atoms with Crippen molar-refractivity contribution < 1.29 is 4.74 Å². The monoisotopic (exact) mass is 288 g/mol. The SMILES string of the molecule is COc1cc(SC)ccc1-c1nc2c(=O)[nH]ncc2[nH]1. The second-order valence-electron chi connectivity index (χ2n) is 4.11. The van der Waals surface area contributed by atoms with Crippen LogP contribution >= 0.6 is 11.8 Å². The first-order valence-electron chi connectivity index (χ1n) is 5.88. The van der Waals surface area contributed by atoms with E-state index in [-0.39, 0.29) is 5.56 Å². The van der Waals surface area contributed by atoms with Crippen LogP contribution in [0.2, 0.25) is 0 Å². The van der Waals surface area contributed by atoms with E-state index in [0.717, 1.165) is 10.5 Å². The van der Waals surface area contributed by atoms with Crippen molar-refractivity contribution in [2.45, 2.75) is 4.90 Å². The molecule has 0 saturated heterocycles. The lowest BCUT2D eigenvalue weighted by molar-refractivity contribution is 0.415. The average Bonchev–Trinajstić information content (AvgIpc) is 2.92. The van der Waals surface area contributed by atoms with E-state index in [1.165, 1.54) is 6.20 Å². The summed E-state index contributed by atoms with van der Waals surface area (Å²) in [7, 11) is 1.61. The maximum atomic E-state index is 11.6. The molecule has 0 atom stereocenters. The molecule has 0 bridgehead atoms. The first-order chi connectivity index (χ1) is 9.72. The topological polar surface area (TPSA) is 83.7 Å². The fourth-order valence-electron chi connectivity index (χ4n) is 1.98. The molecule has 0 aliphatic rings. The third kappa shape index (κ3) is 2.05. The molecule has 2 N–H and O–H groups in total. The number of nitrogens with zero attached hydrogens (tertiary/aromatic N) is 2. The van der Waals surface area contributed by atoms with Crippen LogP contribution in [0.15, 0.2) is 34.1 Å². The standard InChI is InChI=1S/C13H12N4O2S/c1-19-10-5-7(20-2)3-4-8(10)12-15-9-6-14-17-13(18)11(9)16-12/h3-6H,1-2H3,(H,15,16)(H,17,18). The number of aromatic nitrogens is 4. The van der Waals surface area contributed by atoms with Gasteiger partial charge in [0.25, 0.3) is 5.56 Å². The Bertz CT molecular complexity index is 825. The summed E-state index contributed by atoms with van der Waals surface area (Å²) in [6.07, 6.45) is 3.54. The molecule has 2 heterocycles. The molecule has 3 rings (SSSR count). The van der Waals surface area contributed by atoms with Crippen molar-refractivity contribution in [3.8, 4) is 17.1 Å². The molecule has 102 valence electrons. The summed E-state index contributed by atoms with van der Waals surface area (Å²) < 4.78 is 5.39. The van der Waals surface area contributed by atoms with Gasteiger partial charge < -0.3 is 9.72 Å². The van der Waals surface area contributed by atoms with Crippen LogP contribution in [0, 0.1) is 0 Å². The van der Waals surface area contributed by atoms with Crippen LogP contribution in [-0.4, -0.2) is 33.5 Å². The van der Waals surface area contributed by atoms with Gasteiger partial charge in [0.15, 0.2) is 5.52 Å². The molecular weight excluding hydrogens is 276 g/mol. The van der Waals surface area contributed by atoms with E-state index in [0.29, 0.717) is 22.6 Å². The molecular formula is C13H12N4O2S. The van der Waals surface area contributed by atoms with Crippen LogP contribution in [0.1, 0.15) is 0 Å². The largest absolute Gasteiger partial charge is 0.496 e. The highest BCUT2D eigenvalue weighted by Crippen LogP contribution is 2.32. The third-order valence-corrected chi connectivity index (χ3v) is 3.70. The van der Waals surface area contributed by atoms with Gasteiger partial charge in [-0.25, -0.2) is 10.1 Å². The number of ether oxygens (including phenoxy) is 1. The Kier molecular flexibility index (Phi) is 3.19. The van der Waals surface area contributed by atoms with Crippen molar-refractivity contribution in [1.82, 2.24) is 20.2 Å². The van der Waals surface area contributed by atoms with Crippen LogP contribution in [0.5, 0.6) is 5.75 Å². The summed E-state index contributed by atoms with van der Waals surface area (Å²) in [5.74, 6) is 1.29. The maximum Gasteiger partial charge on any atom is 0.292 e. The highest BCUT2D eigenvalue weighted by Gasteiger charge is 2.13. The number of H-pyrrole nitrogens is 2. The Balaban J connectivity index is 2.20. The zero-order valence-electron chi connectivity index (χ0n) is 10.9. The molecule has 7 heteroatoms. The minimum absolute atomic E-state index is 0.315. The van der Waals surface area contributed by atoms with Crippen LogP contribution in [0.25, 0.3) is 22.4 Å². The summed E-state index contributed by atoms with van der Waals surface area (Å²) >= 11 is 1.63. The van der Waals surface area contributed by atoms with E-state index in [1.54, 1.807) is 18.9 Å². The van der Waals surface area contributed by atoms with Crippen LogP contribution in [0.4, 0.5) is 0 Å². The van der Waals surface area contributed by atoms with Gasteiger partial charge in [-0.05, 0) is 24.5 Å². The molecule has 3 aromatic rings. The fraction of sp³-hybridized carbons (Fsp3) is 0.154. The van der Waals surface area contributed by atoms with Gasteiger partial charge in [-0.15, -0.1) is 11.8 Å². The number of aromatic amines is 2. The first-order valence-corrected chi connectivity index (χ1v) is 7.11. The summed E-state index contributed by atoms with van der Waals surface area (Å²) in [4.78, 5) is 20.1. The van der Waals surface area contributed by atoms with Gasteiger partial charge in [0.2, 0.25) is 0 Å². The minimum atomic E-state index is -0.315. The van der Waals surface area contributed by atoms with Gasteiger partial charge in [0, 0.05) is 4.90 Å². The zero-order valence-corrected chi connectivity index (χ0v) is 11.7. The smallest absolute Gasteiger partial charge is 0.292 e. The summed E-state index contributed by atoms with van der Waals surface area (Å²) in [6.45, 7) is 0. The van der Waals surface area contributed by atoms with Gasteiger partial charge in [0.1, 0.15) is 11.6 Å². The number of hydrogen-bond acceptors (Lipinski definition) is 5. The molecule has 0 aliphatic heterocycles. The lowest BCUT2D eigenvalue weighted by Crippen LogP contribution is -2.06. The van der Waals surface area contributed by atoms with E-state index in [9.17, 15) is 4.79 Å². The number of rotatable bonds is 3. The number of fused-ring (bicyclic) bond motifs is 1. The van der Waals surface area contributed by atoms with Crippen molar-refractivity contribution in [2.24, 2.45) is 0 Å². The normalized spacial score (nSPS) is 10.9. The molecule has 0 spiro atoms. The van der Waals surface area contributed by atoms with E-state index < -0.39 is 0 Å². The fourth-order valence-corrected chi connectivity index (χ4v) is 2.41. The lowest BCUT2D eigenvalue weighted by Gasteiger charge is -2.07. The predicted molar refractivity (Wildman–Crippen MR) is 78.3 cm³/mol. The highest BCUT2D eigenvalue weighted by atomic mass is 32.2. The van der Waals surface area contributed by atoms with Crippen LogP contribution in [-0.2, 0) is 0 Å². The lowest BCUT2D eigenvalue weighted by atomic mass is 10.2. The molecule has 0 aliphatic carbocycles. The molecule has 2 aromatic heterocycles. The van der Waals surface area contributed by atoms with E-state index in [2.05, 4.69) is 20.2 Å². The number of nitrogens with one attached hydrogen (secondary N) is 2. The average molecular weight is 288 g/mol. The van der Waals surface area contributed by atoms with Gasteiger partial charge in [0.05, 0.1) is 24.4 Å². The highest BCUT2D eigenvalue weighted by molar-refractivity contribution is 7.98. The number of benzene rings is 1. The molecule has 6 nitrogen and oxygen atoms in total. The van der Waals surface area contributed by atoms with E-state index in [1.807, 2.05) is 24.5 Å². The number of methoxy groups -OCH3 is 1. The van der Waals surface area contributed by atoms with Gasteiger partial charge >= 0.3 is 0 Å². The number of imidazole rings is 1. The molecule has 0 saturated carbocycles. The molecule has 0 unspecified atom stereocenters. The second kappa shape index (κ2) is 5.01. The van der Waals surface area contributed by atoms with Crippen molar-refractivity contribution in [1.29, 1.82) is 0 Å². The molecule has 0 amide bonds. The van der Waals surface area contributed by atoms with Crippen LogP contribution in [0.3, 0.4) is 0 Å². The van der Waals surface area contributed by atoms with E-state index in [4.69, 9.17) is 4.74 Å². The maximum absolute atomic E-state index is 11.6. The molecule has 0 radical (unpaired) electrons. The second-order valence-corrected chi connectivity index (χ2v) is 4.99. The quantitative estimate of drug-likeness (QED) is 0.721. The predicted octanol–water partition coefficient (Wildman–Crippen LogP) is 2.04. The Morgan fingerprint density at radius 2 is 2.20 bits per heavy atom. The number of thioether (sulfide) groups is 1. The molecule has 0 fully saturated rings. The third-order valence-electron chi connectivity index (χ3n) is 2.97. The summed E-state index contributed by atoms with van der Waals surface area (Å²) in [6, 6.07) is 5.85. The van der Waals surface area contributed by atoms with Gasteiger partial charge in [-0.3, -0.25) is 4.79 Å². The van der Waals surface area contributed by atoms with Gasteiger partial charge in [-0.2, -0.15) is 5.10 Å².